The van der Waals surface area contributed by atoms with Gasteiger partial charge in [-0.25, -0.2) is 12.8 Å². The second-order valence-electron chi connectivity index (χ2n) is 4.89. The second kappa shape index (κ2) is 6.48. The first kappa shape index (κ1) is 16.5. The molecule has 1 atom stereocenters. The fourth-order valence-corrected chi connectivity index (χ4v) is 4.41. The summed E-state index contributed by atoms with van der Waals surface area (Å²) in [5, 5.41) is -0.166. The molecule has 0 amide bonds. The maximum Gasteiger partial charge on any atom is 0.244 e. The van der Waals surface area contributed by atoms with Gasteiger partial charge in [-0.3, -0.25) is 0 Å². The van der Waals surface area contributed by atoms with Crippen molar-refractivity contribution in [2.24, 2.45) is 0 Å². The van der Waals surface area contributed by atoms with Gasteiger partial charge in [-0.1, -0.05) is 11.6 Å². The van der Waals surface area contributed by atoms with Crippen molar-refractivity contribution in [3.8, 4) is 0 Å². The molecule has 1 aliphatic rings. The number of anilines is 1. The minimum atomic E-state index is -3.81. The molecule has 118 valence electrons. The molecule has 2 N–H and O–H groups in total. The number of hydrogen-bond acceptors (Lipinski definition) is 4. The molecule has 0 aromatic heterocycles. The van der Waals surface area contributed by atoms with Crippen molar-refractivity contribution in [3.63, 3.8) is 0 Å². The highest BCUT2D eigenvalue weighted by atomic mass is 35.5. The summed E-state index contributed by atoms with van der Waals surface area (Å²) in [6, 6.07) is 1.99. The SMILES string of the molecule is CCOC1CCCN(S(=O)(=O)c2cc(N)c(F)cc2Cl)C1. The molecule has 1 aromatic rings. The van der Waals surface area contributed by atoms with Crippen molar-refractivity contribution in [1.82, 2.24) is 4.31 Å². The Hall–Kier alpha value is -0.890. The number of benzene rings is 1. The molecule has 0 bridgehead atoms. The lowest BCUT2D eigenvalue weighted by molar-refractivity contribution is 0.0265. The predicted molar refractivity (Wildman–Crippen MR) is 79.2 cm³/mol. The summed E-state index contributed by atoms with van der Waals surface area (Å²) in [6.45, 7) is 3.05. The number of hydrogen-bond donors (Lipinski definition) is 1. The monoisotopic (exact) mass is 336 g/mol. The maximum absolute atomic E-state index is 13.3. The normalized spacial score (nSPS) is 20.6. The molecule has 0 spiro atoms. The molecular weight excluding hydrogens is 319 g/mol. The van der Waals surface area contributed by atoms with E-state index in [-0.39, 0.29) is 28.3 Å². The van der Waals surface area contributed by atoms with Gasteiger partial charge < -0.3 is 10.5 Å². The van der Waals surface area contributed by atoms with E-state index in [1.807, 2.05) is 6.92 Å². The van der Waals surface area contributed by atoms with Crippen LogP contribution in [0.1, 0.15) is 19.8 Å². The fourth-order valence-electron chi connectivity index (χ4n) is 2.38. The van der Waals surface area contributed by atoms with Crippen molar-refractivity contribution in [2.75, 3.05) is 25.4 Å². The first-order valence-corrected chi connectivity index (χ1v) is 8.54. The van der Waals surface area contributed by atoms with Crippen molar-refractivity contribution in [1.29, 1.82) is 0 Å². The number of ether oxygens (including phenoxy) is 1. The van der Waals surface area contributed by atoms with Gasteiger partial charge in [-0.2, -0.15) is 4.31 Å². The Bertz CT molecular complexity index is 622. The standard InChI is InChI=1S/C13H18ClFN2O3S/c1-2-20-9-4-3-5-17(8-9)21(18,19)13-7-12(16)11(15)6-10(13)14/h6-7,9H,2-5,8,16H2,1H3. The molecule has 21 heavy (non-hydrogen) atoms. The molecule has 0 aliphatic carbocycles. The molecule has 0 saturated carbocycles. The van der Waals surface area contributed by atoms with Crippen molar-refractivity contribution in [2.45, 2.75) is 30.8 Å². The van der Waals surface area contributed by atoms with Crippen LogP contribution in [-0.4, -0.2) is 38.5 Å². The zero-order chi connectivity index (χ0) is 15.6. The van der Waals surface area contributed by atoms with E-state index in [9.17, 15) is 12.8 Å². The second-order valence-corrected chi connectivity index (χ2v) is 7.20. The largest absolute Gasteiger partial charge is 0.396 e. The first-order valence-electron chi connectivity index (χ1n) is 6.72. The van der Waals surface area contributed by atoms with Gasteiger partial charge >= 0.3 is 0 Å². The molecule has 1 aliphatic heterocycles. The molecule has 1 fully saturated rings. The highest BCUT2D eigenvalue weighted by molar-refractivity contribution is 7.89. The number of nitrogens with zero attached hydrogens (tertiary/aromatic N) is 1. The molecule has 0 radical (unpaired) electrons. The lowest BCUT2D eigenvalue weighted by atomic mass is 10.1. The van der Waals surface area contributed by atoms with E-state index in [4.69, 9.17) is 22.1 Å². The smallest absolute Gasteiger partial charge is 0.244 e. The van der Waals surface area contributed by atoms with E-state index in [0.717, 1.165) is 18.6 Å². The van der Waals surface area contributed by atoms with Gasteiger partial charge in [-0.15, -0.1) is 0 Å². The van der Waals surface area contributed by atoms with Gasteiger partial charge in [0, 0.05) is 19.7 Å². The third-order valence-corrected chi connectivity index (χ3v) is 5.74. The number of halogens is 2. The van der Waals surface area contributed by atoms with E-state index in [1.54, 1.807) is 0 Å². The molecule has 1 saturated heterocycles. The molecule has 2 rings (SSSR count). The average molecular weight is 337 g/mol. The topological polar surface area (TPSA) is 72.6 Å². The Morgan fingerprint density at radius 2 is 2.24 bits per heavy atom. The zero-order valence-electron chi connectivity index (χ0n) is 11.7. The van der Waals surface area contributed by atoms with Gasteiger partial charge in [-0.05, 0) is 31.9 Å². The predicted octanol–water partition coefficient (Wildman–Crippen LogP) is 2.25. The number of rotatable bonds is 4. The molecule has 1 aromatic carbocycles. The van der Waals surface area contributed by atoms with Crippen LogP contribution in [0.25, 0.3) is 0 Å². The summed E-state index contributed by atoms with van der Waals surface area (Å²) in [7, 11) is -3.81. The van der Waals surface area contributed by atoms with E-state index in [1.165, 1.54) is 4.31 Å². The number of piperidine rings is 1. The fraction of sp³-hybridized carbons (Fsp3) is 0.538. The number of nitrogens with two attached hydrogens (primary N) is 1. The summed E-state index contributed by atoms with van der Waals surface area (Å²) in [5.74, 6) is -0.732. The van der Waals surface area contributed by atoms with Gasteiger partial charge in [0.25, 0.3) is 0 Å². The minimum Gasteiger partial charge on any atom is -0.396 e. The average Bonchev–Trinajstić information content (AvgIpc) is 2.43. The van der Waals surface area contributed by atoms with Crippen molar-refractivity contribution >= 4 is 27.3 Å². The molecular formula is C13H18ClFN2O3S. The molecule has 1 heterocycles. The molecule has 5 nitrogen and oxygen atoms in total. The van der Waals surface area contributed by atoms with Gasteiger partial charge in [0.15, 0.2) is 0 Å². The van der Waals surface area contributed by atoms with Crippen LogP contribution >= 0.6 is 11.6 Å². The summed E-state index contributed by atoms with van der Waals surface area (Å²) in [6.07, 6.45) is 1.40. The van der Waals surface area contributed by atoms with Crippen LogP contribution in [0.15, 0.2) is 17.0 Å². The Balaban J connectivity index is 2.31. The number of sulfonamides is 1. The maximum atomic E-state index is 13.3. The van der Waals surface area contributed by atoms with Crippen LogP contribution in [0.3, 0.4) is 0 Å². The minimum absolute atomic E-state index is 0.130. The van der Waals surface area contributed by atoms with E-state index < -0.39 is 15.8 Å². The quantitative estimate of drug-likeness (QED) is 0.856. The Morgan fingerprint density at radius 1 is 1.52 bits per heavy atom. The number of nitrogen functional groups attached to an aromatic ring is 1. The van der Waals surface area contributed by atoms with E-state index in [0.29, 0.717) is 19.6 Å². The van der Waals surface area contributed by atoms with Crippen LogP contribution in [-0.2, 0) is 14.8 Å². The van der Waals surface area contributed by atoms with Gasteiger partial charge in [0.2, 0.25) is 10.0 Å². The molecule has 1 unspecified atom stereocenters. The lowest BCUT2D eigenvalue weighted by Crippen LogP contribution is -2.43. The Kier molecular flexibility index (Phi) is 5.08. The summed E-state index contributed by atoms with van der Waals surface area (Å²) in [5.41, 5.74) is 5.21. The highest BCUT2D eigenvalue weighted by Gasteiger charge is 2.32. The molecule has 8 heteroatoms. The van der Waals surface area contributed by atoms with Crippen molar-refractivity contribution < 1.29 is 17.5 Å². The summed E-state index contributed by atoms with van der Waals surface area (Å²) in [4.78, 5) is -0.166. The Morgan fingerprint density at radius 3 is 2.90 bits per heavy atom. The van der Waals surface area contributed by atoms with Crippen LogP contribution in [0.5, 0.6) is 0 Å². The van der Waals surface area contributed by atoms with Gasteiger partial charge in [0.1, 0.15) is 10.7 Å². The Labute approximate surface area is 128 Å². The van der Waals surface area contributed by atoms with Crippen LogP contribution in [0.4, 0.5) is 10.1 Å². The van der Waals surface area contributed by atoms with Crippen LogP contribution in [0.2, 0.25) is 5.02 Å². The van der Waals surface area contributed by atoms with Gasteiger partial charge in [0.05, 0.1) is 16.8 Å². The zero-order valence-corrected chi connectivity index (χ0v) is 13.3. The third kappa shape index (κ3) is 3.48. The van der Waals surface area contributed by atoms with Crippen LogP contribution in [0, 0.1) is 5.82 Å². The van der Waals surface area contributed by atoms with Crippen LogP contribution < -0.4 is 5.73 Å². The van der Waals surface area contributed by atoms with E-state index >= 15 is 0 Å². The van der Waals surface area contributed by atoms with E-state index in [2.05, 4.69) is 0 Å². The lowest BCUT2D eigenvalue weighted by Gasteiger charge is -2.31. The van der Waals surface area contributed by atoms with Crippen molar-refractivity contribution in [3.05, 3.63) is 23.0 Å². The first-order chi connectivity index (χ1) is 9.86. The third-order valence-electron chi connectivity index (χ3n) is 3.41. The summed E-state index contributed by atoms with van der Waals surface area (Å²) >= 11 is 5.87. The highest BCUT2D eigenvalue weighted by Crippen LogP contribution is 2.30. The summed E-state index contributed by atoms with van der Waals surface area (Å²) < 4.78 is 45.4.